The predicted molar refractivity (Wildman–Crippen MR) is 113 cm³/mol. The van der Waals surface area contributed by atoms with Gasteiger partial charge in [0.25, 0.3) is 0 Å². The third-order valence-electron chi connectivity index (χ3n) is 5.35. The number of aromatic nitrogens is 1. The van der Waals surface area contributed by atoms with E-state index in [-0.39, 0.29) is 17.7 Å². The number of nitrogens with zero attached hydrogens (tertiary/aromatic N) is 3. The summed E-state index contributed by atoms with van der Waals surface area (Å²) in [4.78, 5) is 33.2. The van der Waals surface area contributed by atoms with Crippen molar-refractivity contribution in [2.45, 2.75) is 33.1 Å². The zero-order chi connectivity index (χ0) is 19.7. The molecule has 1 aromatic carbocycles. The van der Waals surface area contributed by atoms with Crippen molar-refractivity contribution in [2.24, 2.45) is 5.92 Å². The van der Waals surface area contributed by atoms with Crippen LogP contribution >= 0.6 is 11.3 Å². The molecule has 28 heavy (non-hydrogen) atoms. The molecule has 1 aromatic heterocycles. The molecule has 7 heteroatoms. The van der Waals surface area contributed by atoms with E-state index < -0.39 is 0 Å². The van der Waals surface area contributed by atoms with Gasteiger partial charge in [0.15, 0.2) is 5.13 Å². The Morgan fingerprint density at radius 1 is 1.21 bits per heavy atom. The molecule has 3 heterocycles. The molecule has 0 aliphatic carbocycles. The van der Waals surface area contributed by atoms with E-state index in [9.17, 15) is 9.59 Å². The van der Waals surface area contributed by atoms with Crippen molar-refractivity contribution < 1.29 is 9.59 Å². The van der Waals surface area contributed by atoms with Crippen LogP contribution in [0.5, 0.6) is 0 Å². The number of likely N-dealkylation sites (tertiary alicyclic amines) is 1. The lowest BCUT2D eigenvalue weighted by molar-refractivity contribution is -0.121. The van der Waals surface area contributed by atoms with E-state index in [1.165, 1.54) is 29.7 Å². The molecule has 6 nitrogen and oxygen atoms in total. The predicted octanol–water partition coefficient (Wildman–Crippen LogP) is 3.39. The fraction of sp³-hybridized carbons (Fsp3) is 0.476. The molecular formula is C21H26N4O2S. The second-order valence-corrected chi connectivity index (χ2v) is 8.67. The Balaban J connectivity index is 1.44. The van der Waals surface area contributed by atoms with Crippen LogP contribution in [0.15, 0.2) is 23.6 Å². The lowest BCUT2D eigenvalue weighted by Gasteiger charge is -2.19. The molecular weight excluding hydrogens is 372 g/mol. The summed E-state index contributed by atoms with van der Waals surface area (Å²) in [5.74, 6) is 0.165. The molecule has 1 N–H and O–H groups in total. The van der Waals surface area contributed by atoms with Gasteiger partial charge >= 0.3 is 0 Å². The van der Waals surface area contributed by atoms with E-state index in [0.717, 1.165) is 43.0 Å². The summed E-state index contributed by atoms with van der Waals surface area (Å²) in [6.07, 6.45) is 3.21. The maximum Gasteiger partial charge on any atom is 0.240 e. The van der Waals surface area contributed by atoms with Crippen LogP contribution in [-0.4, -0.2) is 47.9 Å². The Morgan fingerprint density at radius 3 is 2.75 bits per heavy atom. The second kappa shape index (κ2) is 8.01. The highest BCUT2D eigenvalue weighted by atomic mass is 32.1. The Kier molecular flexibility index (Phi) is 5.46. The summed E-state index contributed by atoms with van der Waals surface area (Å²) in [6, 6.07) is 6.15. The van der Waals surface area contributed by atoms with Gasteiger partial charge in [-0.15, -0.1) is 11.3 Å². The van der Waals surface area contributed by atoms with Crippen molar-refractivity contribution in [3.63, 3.8) is 0 Å². The summed E-state index contributed by atoms with van der Waals surface area (Å²) < 4.78 is 0. The molecule has 1 saturated heterocycles. The van der Waals surface area contributed by atoms with Gasteiger partial charge in [-0.3, -0.25) is 14.5 Å². The van der Waals surface area contributed by atoms with Crippen LogP contribution in [-0.2, 0) is 16.0 Å². The van der Waals surface area contributed by atoms with Crippen LogP contribution in [0.2, 0.25) is 0 Å². The molecule has 0 saturated carbocycles. The van der Waals surface area contributed by atoms with Gasteiger partial charge in [-0.05, 0) is 50.0 Å². The third kappa shape index (κ3) is 3.95. The number of thiazole rings is 1. The van der Waals surface area contributed by atoms with Gasteiger partial charge in [0.1, 0.15) is 0 Å². The fourth-order valence-corrected chi connectivity index (χ4v) is 4.60. The van der Waals surface area contributed by atoms with Crippen molar-refractivity contribution in [3.8, 4) is 11.3 Å². The first-order chi connectivity index (χ1) is 13.5. The molecule has 148 valence electrons. The van der Waals surface area contributed by atoms with Crippen LogP contribution in [0, 0.1) is 5.92 Å². The summed E-state index contributed by atoms with van der Waals surface area (Å²) in [7, 11) is 0. The molecule has 0 unspecified atom stereocenters. The quantitative estimate of drug-likeness (QED) is 0.838. The maximum absolute atomic E-state index is 12.4. The van der Waals surface area contributed by atoms with Crippen molar-refractivity contribution in [2.75, 3.05) is 36.4 Å². The molecule has 2 amide bonds. The number of carbonyl (C=O) groups is 2. The molecule has 0 atom stereocenters. The first-order valence-corrected chi connectivity index (χ1v) is 10.8. The number of fused-ring (bicyclic) bond motifs is 1. The van der Waals surface area contributed by atoms with Crippen LogP contribution in [0.25, 0.3) is 11.3 Å². The highest BCUT2D eigenvalue weighted by Crippen LogP contribution is 2.34. The monoisotopic (exact) mass is 398 g/mol. The molecule has 0 bridgehead atoms. The summed E-state index contributed by atoms with van der Waals surface area (Å²) in [5.41, 5.74) is 4.07. The summed E-state index contributed by atoms with van der Waals surface area (Å²) in [6.45, 7) is 7.05. The van der Waals surface area contributed by atoms with Gasteiger partial charge in [-0.25, -0.2) is 4.98 Å². The Hall–Kier alpha value is -2.25. The van der Waals surface area contributed by atoms with Crippen LogP contribution in [0.3, 0.4) is 0 Å². The fourth-order valence-electron chi connectivity index (χ4n) is 3.87. The highest BCUT2D eigenvalue weighted by Gasteiger charge is 2.26. The van der Waals surface area contributed by atoms with Crippen molar-refractivity contribution in [1.82, 2.24) is 9.88 Å². The zero-order valence-electron chi connectivity index (χ0n) is 16.4. The third-order valence-corrected chi connectivity index (χ3v) is 6.10. The normalized spacial score (nSPS) is 16.6. The first-order valence-electron chi connectivity index (χ1n) is 9.93. The van der Waals surface area contributed by atoms with Gasteiger partial charge in [-0.1, -0.05) is 19.9 Å². The van der Waals surface area contributed by atoms with Crippen LogP contribution in [0.4, 0.5) is 10.8 Å². The number of rotatable bonds is 5. The molecule has 2 aromatic rings. The van der Waals surface area contributed by atoms with E-state index in [1.807, 2.05) is 36.3 Å². The average molecular weight is 399 g/mol. The molecule has 2 aliphatic rings. The Morgan fingerprint density at radius 2 is 2.00 bits per heavy atom. The lowest BCUT2D eigenvalue weighted by atomic mass is 10.1. The lowest BCUT2D eigenvalue weighted by Crippen LogP contribution is -2.32. The average Bonchev–Trinajstić information content (AvgIpc) is 3.41. The summed E-state index contributed by atoms with van der Waals surface area (Å²) in [5, 5.41) is 5.53. The number of hydrogen-bond donors (Lipinski definition) is 1. The molecule has 2 aliphatic heterocycles. The molecule has 4 rings (SSSR count). The number of amides is 2. The van der Waals surface area contributed by atoms with E-state index in [2.05, 4.69) is 21.3 Å². The van der Waals surface area contributed by atoms with Crippen molar-refractivity contribution in [3.05, 3.63) is 29.1 Å². The van der Waals surface area contributed by atoms with E-state index in [4.69, 9.17) is 0 Å². The van der Waals surface area contributed by atoms with E-state index in [0.29, 0.717) is 11.7 Å². The SMILES string of the molecule is CC(C)C(=O)N1CCc2cc(-c3csc(NC(=O)CN4CCCC4)n3)ccc21. The van der Waals surface area contributed by atoms with E-state index >= 15 is 0 Å². The Labute approximate surface area is 169 Å². The van der Waals surface area contributed by atoms with Crippen molar-refractivity contribution in [1.29, 1.82) is 0 Å². The van der Waals surface area contributed by atoms with Crippen molar-refractivity contribution >= 4 is 34.0 Å². The largest absolute Gasteiger partial charge is 0.312 e. The molecule has 0 spiro atoms. The number of anilines is 2. The molecule has 0 radical (unpaired) electrons. The second-order valence-electron chi connectivity index (χ2n) is 7.81. The number of hydrogen-bond acceptors (Lipinski definition) is 5. The van der Waals surface area contributed by atoms with Gasteiger partial charge < -0.3 is 10.2 Å². The number of benzene rings is 1. The van der Waals surface area contributed by atoms with Crippen LogP contribution in [0.1, 0.15) is 32.3 Å². The minimum absolute atomic E-state index is 0.000377. The van der Waals surface area contributed by atoms with E-state index in [1.54, 1.807) is 0 Å². The minimum Gasteiger partial charge on any atom is -0.312 e. The highest BCUT2D eigenvalue weighted by molar-refractivity contribution is 7.14. The smallest absolute Gasteiger partial charge is 0.240 e. The molecule has 1 fully saturated rings. The number of nitrogens with one attached hydrogen (secondary N) is 1. The van der Waals surface area contributed by atoms with Gasteiger partial charge in [0.05, 0.1) is 12.2 Å². The first kappa shape index (κ1) is 19.1. The van der Waals surface area contributed by atoms with Crippen LogP contribution < -0.4 is 10.2 Å². The summed E-state index contributed by atoms with van der Waals surface area (Å²) >= 11 is 1.45. The Bertz CT molecular complexity index is 886. The topological polar surface area (TPSA) is 65.5 Å². The van der Waals surface area contributed by atoms with Gasteiger partial charge in [-0.2, -0.15) is 0 Å². The zero-order valence-corrected chi connectivity index (χ0v) is 17.2. The maximum atomic E-state index is 12.4. The number of carbonyl (C=O) groups excluding carboxylic acids is 2. The van der Waals surface area contributed by atoms with Gasteiger partial charge in [0, 0.05) is 29.1 Å². The van der Waals surface area contributed by atoms with Gasteiger partial charge in [0.2, 0.25) is 11.8 Å². The standard InChI is InChI=1S/C21H26N4O2S/c1-14(2)20(27)25-10-7-16-11-15(5-6-18(16)25)17-13-28-21(22-17)23-19(26)12-24-8-3-4-9-24/h5-6,11,13-14H,3-4,7-10,12H2,1-2H3,(H,22,23,26). The minimum atomic E-state index is -0.00380.